The Morgan fingerprint density at radius 2 is 1.72 bits per heavy atom. The standard InChI is InChI=1S/C23H27N3O5S/c1-17(27)24-20-7-9-21(10-8-20)32(29,30)26-13-11-23(12-14-26)16-25(18(2)28)15-19-5-3-4-6-22(19)31-23/h3-10H,11-16H2,1-2H3,(H-,24,27,29,30). The monoisotopic (exact) mass is 457 g/mol. The van der Waals surface area contributed by atoms with Gasteiger partial charge >= 0.3 is 0 Å². The molecule has 9 heteroatoms. The average molecular weight is 458 g/mol. The topological polar surface area (TPSA) is 102 Å². The summed E-state index contributed by atoms with van der Waals surface area (Å²) in [6.07, 6.45) is 0.961. The van der Waals surface area contributed by atoms with Crippen LogP contribution in [0.4, 0.5) is 5.69 Å². The Bertz CT molecular complexity index is 1060. The molecule has 2 amide bonds. The molecule has 2 heterocycles. The number of carbonyl (C=O) groups is 2. The fourth-order valence-corrected chi connectivity index (χ4v) is 5.73. The minimum Gasteiger partial charge on any atom is -0.593 e. The zero-order chi connectivity index (χ0) is 22.9. The van der Waals surface area contributed by atoms with Crippen molar-refractivity contribution < 1.29 is 23.1 Å². The van der Waals surface area contributed by atoms with Crippen molar-refractivity contribution in [1.29, 1.82) is 0 Å². The molecule has 32 heavy (non-hydrogen) atoms. The summed E-state index contributed by atoms with van der Waals surface area (Å²) in [5, 5.41) is 2.63. The number of carbonyl (C=O) groups excluding carboxylic acids is 2. The van der Waals surface area contributed by atoms with Crippen LogP contribution in [0.15, 0.2) is 53.4 Å². The quantitative estimate of drug-likeness (QED) is 0.714. The fourth-order valence-electron chi connectivity index (χ4n) is 4.29. The summed E-state index contributed by atoms with van der Waals surface area (Å²) < 4.78 is 34.2. The van der Waals surface area contributed by atoms with Gasteiger partial charge in [-0.2, -0.15) is 0 Å². The lowest BCUT2D eigenvalue weighted by Crippen LogP contribution is -2.55. The molecule has 0 aliphatic carbocycles. The number of benzene rings is 2. The Hall–Kier alpha value is -2.75. The van der Waals surface area contributed by atoms with E-state index in [0.717, 1.165) is 11.3 Å². The molecular weight excluding hydrogens is 430 g/mol. The Kier molecular flexibility index (Phi) is 6.07. The van der Waals surface area contributed by atoms with Crippen molar-refractivity contribution in [3.05, 3.63) is 54.1 Å². The highest BCUT2D eigenvalue weighted by Crippen LogP contribution is 2.37. The van der Waals surface area contributed by atoms with Crippen molar-refractivity contribution in [2.45, 2.75) is 43.7 Å². The number of para-hydroxylation sites is 1. The van der Waals surface area contributed by atoms with Gasteiger partial charge in [0.2, 0.25) is 11.8 Å². The largest absolute Gasteiger partial charge is 0.593 e. The number of rotatable bonds is 3. The molecule has 2 aliphatic heterocycles. The molecule has 8 nitrogen and oxygen atoms in total. The molecule has 1 fully saturated rings. The first-order chi connectivity index (χ1) is 15.2. The highest BCUT2D eigenvalue weighted by molar-refractivity contribution is 7.95. The second kappa shape index (κ2) is 8.65. The van der Waals surface area contributed by atoms with Crippen molar-refractivity contribution >= 4 is 27.9 Å². The van der Waals surface area contributed by atoms with Crippen LogP contribution in [-0.4, -0.2) is 50.8 Å². The minimum atomic E-state index is -3.68. The zero-order valence-corrected chi connectivity index (χ0v) is 19.0. The molecule has 1 atom stereocenters. The molecule has 0 aromatic heterocycles. The number of amides is 2. The fraction of sp³-hybridized carbons (Fsp3) is 0.391. The predicted molar refractivity (Wildman–Crippen MR) is 120 cm³/mol. The van der Waals surface area contributed by atoms with E-state index < -0.39 is 16.0 Å². The first kappa shape index (κ1) is 22.4. The number of hydrogen-bond acceptors (Lipinski definition) is 5. The van der Waals surface area contributed by atoms with Gasteiger partial charge in [-0.25, -0.2) is 0 Å². The Balaban J connectivity index is 1.51. The third-order valence-corrected chi connectivity index (χ3v) is 7.94. The first-order valence-electron chi connectivity index (χ1n) is 10.6. The molecule has 1 saturated heterocycles. The van der Waals surface area contributed by atoms with Gasteiger partial charge in [0, 0.05) is 57.6 Å². The molecule has 1 N–H and O–H groups in total. The van der Waals surface area contributed by atoms with E-state index in [-0.39, 0.29) is 16.7 Å². The number of piperidine rings is 1. The number of anilines is 1. The Labute approximate surface area is 188 Å². The lowest BCUT2D eigenvalue weighted by molar-refractivity contribution is -0.132. The summed E-state index contributed by atoms with van der Waals surface area (Å²) in [6.45, 7) is 4.45. The molecule has 2 aliphatic rings. The molecule has 0 saturated carbocycles. The first-order valence-corrected chi connectivity index (χ1v) is 12.0. The van der Waals surface area contributed by atoms with Crippen LogP contribution in [-0.2, 0) is 30.7 Å². The lowest BCUT2D eigenvalue weighted by atomic mass is 9.91. The van der Waals surface area contributed by atoms with Gasteiger partial charge in [-0.05, 0) is 30.3 Å². The second-order valence-electron chi connectivity index (χ2n) is 8.38. The van der Waals surface area contributed by atoms with E-state index in [1.165, 1.54) is 23.4 Å². The molecule has 0 radical (unpaired) electrons. The maximum Gasteiger partial charge on any atom is 0.221 e. The predicted octanol–water partition coefficient (Wildman–Crippen LogP) is 2.82. The van der Waals surface area contributed by atoms with Crippen molar-refractivity contribution in [3.63, 3.8) is 0 Å². The van der Waals surface area contributed by atoms with Crippen LogP contribution in [0.2, 0.25) is 0 Å². The number of fused-ring (bicyclic) bond motifs is 1. The Morgan fingerprint density at radius 1 is 1.06 bits per heavy atom. The summed E-state index contributed by atoms with van der Waals surface area (Å²) in [7, 11) is -3.68. The van der Waals surface area contributed by atoms with Crippen molar-refractivity contribution in [2.75, 3.05) is 25.0 Å². The van der Waals surface area contributed by atoms with Crippen LogP contribution >= 0.6 is 0 Å². The number of nitrogens with zero attached hydrogens (tertiary/aromatic N) is 2. The highest BCUT2D eigenvalue weighted by atomic mass is 32.3. The molecule has 1 unspecified atom stereocenters. The van der Waals surface area contributed by atoms with E-state index in [1.54, 1.807) is 24.0 Å². The van der Waals surface area contributed by atoms with Crippen LogP contribution in [0.5, 0.6) is 5.75 Å². The molecule has 4 rings (SSSR count). The number of nitrogens with one attached hydrogen (secondary N) is 1. The van der Waals surface area contributed by atoms with E-state index in [4.69, 9.17) is 4.74 Å². The van der Waals surface area contributed by atoms with Gasteiger partial charge in [0.05, 0.1) is 6.54 Å². The SMILES string of the molecule is CC(=O)Nc1ccc([S+](=O)([O-])N2CCC3(CC2)CN(C(C)=O)Cc2ccccc2O3)cc1. The van der Waals surface area contributed by atoms with Gasteiger partial charge < -0.3 is 19.5 Å². The van der Waals surface area contributed by atoms with E-state index in [0.29, 0.717) is 44.7 Å². The van der Waals surface area contributed by atoms with E-state index >= 15 is 0 Å². The van der Waals surface area contributed by atoms with Crippen molar-refractivity contribution in [1.82, 2.24) is 9.21 Å². The normalized spacial score (nSPS) is 19.9. The summed E-state index contributed by atoms with van der Waals surface area (Å²) in [4.78, 5) is 25.4. The van der Waals surface area contributed by atoms with Crippen LogP contribution in [0.25, 0.3) is 0 Å². The van der Waals surface area contributed by atoms with Gasteiger partial charge in [0.1, 0.15) is 11.4 Å². The second-order valence-corrected chi connectivity index (χ2v) is 10.3. The van der Waals surface area contributed by atoms with Gasteiger partial charge in [-0.3, -0.25) is 9.59 Å². The summed E-state index contributed by atoms with van der Waals surface area (Å²) in [6, 6.07) is 13.8. The van der Waals surface area contributed by atoms with E-state index in [9.17, 15) is 18.4 Å². The minimum absolute atomic E-state index is 0.0287. The van der Waals surface area contributed by atoms with Crippen LogP contribution in [0, 0.1) is 0 Å². The van der Waals surface area contributed by atoms with E-state index in [1.807, 2.05) is 24.3 Å². The summed E-state index contributed by atoms with van der Waals surface area (Å²) >= 11 is 0. The molecule has 2 aromatic rings. The lowest BCUT2D eigenvalue weighted by Gasteiger charge is -2.42. The van der Waals surface area contributed by atoms with Crippen molar-refractivity contribution in [2.24, 2.45) is 0 Å². The molecule has 170 valence electrons. The molecule has 0 bridgehead atoms. The highest BCUT2D eigenvalue weighted by Gasteiger charge is 2.45. The van der Waals surface area contributed by atoms with E-state index in [2.05, 4.69) is 5.32 Å². The average Bonchev–Trinajstić information content (AvgIpc) is 2.91. The molecule has 1 spiro atoms. The summed E-state index contributed by atoms with van der Waals surface area (Å²) in [5.74, 6) is 0.506. The van der Waals surface area contributed by atoms with Crippen LogP contribution in [0.3, 0.4) is 0 Å². The van der Waals surface area contributed by atoms with Gasteiger partial charge in [-0.1, -0.05) is 22.4 Å². The van der Waals surface area contributed by atoms with Gasteiger partial charge in [0.15, 0.2) is 15.3 Å². The van der Waals surface area contributed by atoms with Crippen molar-refractivity contribution in [3.8, 4) is 5.75 Å². The zero-order valence-electron chi connectivity index (χ0n) is 18.2. The summed E-state index contributed by atoms with van der Waals surface area (Å²) in [5.41, 5.74) is 0.873. The van der Waals surface area contributed by atoms with Crippen LogP contribution in [0.1, 0.15) is 32.3 Å². The Morgan fingerprint density at radius 3 is 2.34 bits per heavy atom. The third kappa shape index (κ3) is 4.55. The van der Waals surface area contributed by atoms with Crippen LogP contribution < -0.4 is 10.1 Å². The number of ether oxygens (including phenoxy) is 1. The molecular formula is C23H27N3O5S. The number of sulfonamides is 1. The number of hydrogen-bond donors (Lipinski definition) is 1. The third-order valence-electron chi connectivity index (χ3n) is 6.03. The maximum absolute atomic E-state index is 13.2. The molecule has 2 aromatic carbocycles. The maximum atomic E-state index is 13.2. The van der Waals surface area contributed by atoms with Gasteiger partial charge in [0.25, 0.3) is 0 Å². The van der Waals surface area contributed by atoms with Gasteiger partial charge in [-0.15, -0.1) is 4.31 Å². The smallest absolute Gasteiger partial charge is 0.221 e.